The normalized spacial score (nSPS) is 26.9. The van der Waals surface area contributed by atoms with Crippen molar-refractivity contribution in [3.05, 3.63) is 0 Å². The smallest absolute Gasteiger partial charge is 0.136 e. The zero-order valence-corrected chi connectivity index (χ0v) is 8.46. The molecule has 0 aromatic heterocycles. The average molecular weight is 184 g/mol. The van der Waals surface area contributed by atoms with Gasteiger partial charge >= 0.3 is 0 Å². The topological polar surface area (TPSA) is 37.3 Å². The second-order valence-electron chi connectivity index (χ2n) is 4.16. The van der Waals surface area contributed by atoms with Crippen LogP contribution in [0.2, 0.25) is 0 Å². The monoisotopic (exact) mass is 184 g/mol. The number of ketones is 1. The first-order chi connectivity index (χ1) is 6.25. The van der Waals surface area contributed by atoms with Gasteiger partial charge in [-0.25, -0.2) is 0 Å². The third-order valence-electron chi connectivity index (χ3n) is 3.12. The average Bonchev–Trinajstić information content (AvgIpc) is 2.30. The van der Waals surface area contributed by atoms with Gasteiger partial charge in [0.15, 0.2) is 0 Å². The molecule has 1 aliphatic carbocycles. The lowest BCUT2D eigenvalue weighted by molar-refractivity contribution is -0.124. The van der Waals surface area contributed by atoms with Crippen LogP contribution in [-0.4, -0.2) is 17.5 Å². The first kappa shape index (κ1) is 10.7. The van der Waals surface area contributed by atoms with E-state index in [9.17, 15) is 4.79 Å². The van der Waals surface area contributed by atoms with Gasteiger partial charge in [0.05, 0.1) is 0 Å². The summed E-state index contributed by atoms with van der Waals surface area (Å²) in [5.74, 6) is 1.03. The van der Waals surface area contributed by atoms with Crippen LogP contribution >= 0.6 is 0 Å². The third kappa shape index (κ3) is 3.11. The van der Waals surface area contributed by atoms with Gasteiger partial charge in [0.25, 0.3) is 0 Å². The summed E-state index contributed by atoms with van der Waals surface area (Å²) in [7, 11) is 0. The molecular formula is C11H20O2. The SMILES string of the molecule is CC(CCO)C1CCCCCC1=O. The van der Waals surface area contributed by atoms with E-state index in [0.717, 1.165) is 25.7 Å². The highest BCUT2D eigenvalue weighted by molar-refractivity contribution is 5.81. The molecule has 0 saturated heterocycles. The maximum Gasteiger partial charge on any atom is 0.136 e. The Morgan fingerprint density at radius 1 is 1.46 bits per heavy atom. The molecule has 0 aliphatic heterocycles. The van der Waals surface area contributed by atoms with Crippen molar-refractivity contribution in [2.24, 2.45) is 11.8 Å². The van der Waals surface area contributed by atoms with Crippen molar-refractivity contribution in [3.63, 3.8) is 0 Å². The van der Waals surface area contributed by atoms with Crippen LogP contribution in [0.3, 0.4) is 0 Å². The van der Waals surface area contributed by atoms with Crippen LogP contribution in [0.25, 0.3) is 0 Å². The van der Waals surface area contributed by atoms with E-state index >= 15 is 0 Å². The Kier molecular flexibility index (Phi) is 4.43. The maximum absolute atomic E-state index is 11.6. The van der Waals surface area contributed by atoms with Gasteiger partial charge in [0.2, 0.25) is 0 Å². The highest BCUT2D eigenvalue weighted by Gasteiger charge is 2.25. The Bertz CT molecular complexity index is 165. The number of carbonyl (C=O) groups is 1. The molecule has 2 nitrogen and oxygen atoms in total. The molecule has 0 bridgehead atoms. The van der Waals surface area contributed by atoms with Crippen molar-refractivity contribution in [2.45, 2.75) is 45.4 Å². The molecule has 2 atom stereocenters. The number of aliphatic hydroxyl groups excluding tert-OH is 1. The maximum atomic E-state index is 11.6. The molecule has 2 heteroatoms. The minimum Gasteiger partial charge on any atom is -0.396 e. The summed E-state index contributed by atoms with van der Waals surface area (Å²) >= 11 is 0. The molecule has 0 heterocycles. The summed E-state index contributed by atoms with van der Waals surface area (Å²) in [6.45, 7) is 2.30. The van der Waals surface area contributed by atoms with Crippen LogP contribution in [0.15, 0.2) is 0 Å². The molecule has 1 rings (SSSR count). The van der Waals surface area contributed by atoms with Crippen molar-refractivity contribution in [1.82, 2.24) is 0 Å². The van der Waals surface area contributed by atoms with Gasteiger partial charge < -0.3 is 5.11 Å². The molecule has 0 aromatic rings. The largest absolute Gasteiger partial charge is 0.396 e. The van der Waals surface area contributed by atoms with Gasteiger partial charge in [-0.15, -0.1) is 0 Å². The molecular weight excluding hydrogens is 164 g/mol. The minimum absolute atomic E-state index is 0.213. The number of rotatable bonds is 3. The molecule has 1 fully saturated rings. The first-order valence-electron chi connectivity index (χ1n) is 5.39. The van der Waals surface area contributed by atoms with Crippen LogP contribution in [0.1, 0.15) is 45.4 Å². The van der Waals surface area contributed by atoms with E-state index < -0.39 is 0 Å². The number of Topliss-reactive ketones (excluding diaryl/α,β-unsaturated/α-hetero) is 1. The van der Waals surface area contributed by atoms with Gasteiger partial charge in [-0.3, -0.25) is 4.79 Å². The van der Waals surface area contributed by atoms with Crippen LogP contribution in [0.4, 0.5) is 0 Å². The lowest BCUT2D eigenvalue weighted by atomic mass is 9.85. The molecule has 0 radical (unpaired) electrons. The van der Waals surface area contributed by atoms with E-state index in [4.69, 9.17) is 5.11 Å². The highest BCUT2D eigenvalue weighted by atomic mass is 16.3. The Hall–Kier alpha value is -0.370. The number of hydrogen-bond acceptors (Lipinski definition) is 2. The van der Waals surface area contributed by atoms with Crippen molar-refractivity contribution < 1.29 is 9.90 Å². The summed E-state index contributed by atoms with van der Waals surface area (Å²) in [5, 5.41) is 8.81. The number of hydrogen-bond donors (Lipinski definition) is 1. The fourth-order valence-corrected chi connectivity index (χ4v) is 2.19. The molecule has 76 valence electrons. The van der Waals surface area contributed by atoms with E-state index in [2.05, 4.69) is 6.92 Å². The van der Waals surface area contributed by atoms with Gasteiger partial charge in [0, 0.05) is 18.9 Å². The van der Waals surface area contributed by atoms with Crippen molar-refractivity contribution in [2.75, 3.05) is 6.61 Å². The van der Waals surface area contributed by atoms with Crippen LogP contribution in [-0.2, 0) is 4.79 Å². The quantitative estimate of drug-likeness (QED) is 0.682. The first-order valence-corrected chi connectivity index (χ1v) is 5.39. The highest BCUT2D eigenvalue weighted by Crippen LogP contribution is 2.27. The number of carbonyl (C=O) groups excluding carboxylic acids is 1. The predicted molar refractivity (Wildman–Crippen MR) is 52.4 cm³/mol. The van der Waals surface area contributed by atoms with E-state index in [-0.39, 0.29) is 12.5 Å². The van der Waals surface area contributed by atoms with E-state index in [0.29, 0.717) is 11.7 Å². The van der Waals surface area contributed by atoms with Crippen molar-refractivity contribution in [1.29, 1.82) is 0 Å². The summed E-state index contributed by atoms with van der Waals surface area (Å²) in [6, 6.07) is 0. The zero-order valence-electron chi connectivity index (χ0n) is 8.46. The Balaban J connectivity index is 2.48. The van der Waals surface area contributed by atoms with Crippen molar-refractivity contribution in [3.8, 4) is 0 Å². The van der Waals surface area contributed by atoms with Gasteiger partial charge in [-0.1, -0.05) is 19.8 Å². The Morgan fingerprint density at radius 3 is 2.92 bits per heavy atom. The van der Waals surface area contributed by atoms with Gasteiger partial charge in [-0.05, 0) is 25.2 Å². The third-order valence-corrected chi connectivity index (χ3v) is 3.12. The van der Waals surface area contributed by atoms with Crippen LogP contribution in [0.5, 0.6) is 0 Å². The molecule has 2 unspecified atom stereocenters. The molecule has 13 heavy (non-hydrogen) atoms. The second-order valence-corrected chi connectivity index (χ2v) is 4.16. The minimum atomic E-state index is 0.213. The molecule has 0 spiro atoms. The van der Waals surface area contributed by atoms with Crippen LogP contribution in [0, 0.1) is 11.8 Å². The summed E-state index contributed by atoms with van der Waals surface area (Å²) in [4.78, 5) is 11.6. The Labute approximate surface area is 80.3 Å². The number of aliphatic hydroxyl groups is 1. The second kappa shape index (κ2) is 5.38. The molecule has 0 aromatic carbocycles. The van der Waals surface area contributed by atoms with Gasteiger partial charge in [-0.2, -0.15) is 0 Å². The fourth-order valence-electron chi connectivity index (χ4n) is 2.19. The lowest BCUT2D eigenvalue weighted by Gasteiger charge is -2.19. The molecule has 0 amide bonds. The molecule has 1 aliphatic rings. The van der Waals surface area contributed by atoms with Gasteiger partial charge in [0.1, 0.15) is 5.78 Å². The lowest BCUT2D eigenvalue weighted by Crippen LogP contribution is -2.21. The predicted octanol–water partition coefficient (Wildman–Crippen LogP) is 2.15. The van der Waals surface area contributed by atoms with E-state index in [1.54, 1.807) is 0 Å². The Morgan fingerprint density at radius 2 is 2.23 bits per heavy atom. The summed E-state index contributed by atoms with van der Waals surface area (Å²) < 4.78 is 0. The van der Waals surface area contributed by atoms with Crippen molar-refractivity contribution >= 4 is 5.78 Å². The van der Waals surface area contributed by atoms with E-state index in [1.807, 2.05) is 0 Å². The van der Waals surface area contributed by atoms with E-state index in [1.165, 1.54) is 12.8 Å². The summed E-state index contributed by atoms with van der Waals surface area (Å²) in [5.41, 5.74) is 0. The van der Waals surface area contributed by atoms with Crippen LogP contribution < -0.4 is 0 Å². The fraction of sp³-hybridized carbons (Fsp3) is 0.909. The molecule has 1 saturated carbocycles. The summed E-state index contributed by atoms with van der Waals surface area (Å²) in [6.07, 6.45) is 6.04. The molecule has 1 N–H and O–H groups in total. The zero-order chi connectivity index (χ0) is 9.68. The standard InChI is InChI=1S/C11H20O2/c1-9(7-8-12)10-5-3-2-4-6-11(10)13/h9-10,12H,2-8H2,1H3.